The number of aliphatic hydroxyl groups is 1. The molecule has 2 heterocycles. The first kappa shape index (κ1) is 28.0. The van der Waals surface area contributed by atoms with Crippen LogP contribution in [0.5, 0.6) is 5.75 Å². The molecule has 2 N–H and O–H groups in total. The van der Waals surface area contributed by atoms with Crippen molar-refractivity contribution in [2.45, 2.75) is 82.0 Å². The van der Waals surface area contributed by atoms with E-state index in [0.717, 1.165) is 80.9 Å². The van der Waals surface area contributed by atoms with Crippen LogP contribution in [0, 0.1) is 17.8 Å². The summed E-state index contributed by atoms with van der Waals surface area (Å²) in [5.74, 6) is 1.30. The van der Waals surface area contributed by atoms with E-state index in [1.807, 2.05) is 25.1 Å². The Balaban J connectivity index is 1.39. The van der Waals surface area contributed by atoms with Crippen molar-refractivity contribution in [1.29, 1.82) is 0 Å². The molecule has 6 unspecified atom stereocenters. The molecule has 2 aliphatic carbocycles. The molecule has 216 valence electrons. The van der Waals surface area contributed by atoms with Gasteiger partial charge in [-0.05, 0) is 111 Å². The Hall–Kier alpha value is -2.09. The summed E-state index contributed by atoms with van der Waals surface area (Å²) in [6, 6.07) is 11.9. The number of aliphatic hydroxyl groups excluding tert-OH is 1. The standard InChI is InChI=1S/C32H41ClN2O4S/c1-20-5-3-7-29(36)26-11-8-24(26)17-35-18-32(14-4-6-22-15-25(33)10-12-27(22)32)19-39-30-13-9-23(16-28(30)35)31(37)34-40(38)21(20)2/h9-10,12-13,15-16,20-21,24,26,29,36H,3-8,11,14,17-19H2,1-2H3,(H,34,37)/t20?,21?,24?,26?,29?,32-,40?/m0/s1. The molecule has 6 nitrogen and oxygen atoms in total. The van der Waals surface area contributed by atoms with E-state index in [1.165, 1.54) is 11.1 Å². The first-order valence-corrected chi connectivity index (χ1v) is 16.5. The summed E-state index contributed by atoms with van der Waals surface area (Å²) in [5, 5.41) is 11.8. The normalized spacial score (nSPS) is 34.5. The zero-order chi connectivity index (χ0) is 28.0. The lowest BCUT2D eigenvalue weighted by atomic mass is 9.68. The van der Waals surface area contributed by atoms with Crippen LogP contribution in [-0.4, -0.2) is 46.3 Å². The molecule has 2 aliphatic heterocycles. The molecular formula is C32H41ClN2O4S. The molecule has 40 heavy (non-hydrogen) atoms. The van der Waals surface area contributed by atoms with Gasteiger partial charge in [0.05, 0.1) is 23.6 Å². The van der Waals surface area contributed by atoms with Crippen molar-refractivity contribution in [2.75, 3.05) is 24.6 Å². The van der Waals surface area contributed by atoms with Gasteiger partial charge in [-0.1, -0.05) is 31.0 Å². The van der Waals surface area contributed by atoms with Gasteiger partial charge >= 0.3 is 0 Å². The molecule has 0 radical (unpaired) electrons. The first-order valence-electron chi connectivity index (χ1n) is 14.9. The Morgan fingerprint density at radius 3 is 2.75 bits per heavy atom. The number of ether oxygens (including phenoxy) is 1. The van der Waals surface area contributed by atoms with Crippen molar-refractivity contribution in [3.8, 4) is 5.75 Å². The second-order valence-electron chi connectivity index (χ2n) is 12.7. The smallest absolute Gasteiger partial charge is 0.263 e. The molecule has 1 saturated carbocycles. The summed E-state index contributed by atoms with van der Waals surface area (Å²) in [7, 11) is -1.50. The van der Waals surface area contributed by atoms with Crippen LogP contribution in [0.25, 0.3) is 0 Å². The van der Waals surface area contributed by atoms with Crippen molar-refractivity contribution < 1.29 is 18.8 Å². The number of aryl methyl sites for hydroxylation is 1. The third-order valence-electron chi connectivity index (χ3n) is 10.2. The van der Waals surface area contributed by atoms with E-state index < -0.39 is 11.0 Å². The molecule has 1 fully saturated rings. The highest BCUT2D eigenvalue weighted by Gasteiger charge is 2.44. The monoisotopic (exact) mass is 584 g/mol. The third kappa shape index (κ3) is 5.30. The average Bonchev–Trinajstić information content (AvgIpc) is 3.07. The molecule has 2 aromatic carbocycles. The quantitative estimate of drug-likeness (QED) is 0.409. The van der Waals surface area contributed by atoms with Crippen molar-refractivity contribution in [2.24, 2.45) is 17.8 Å². The number of fused-ring (bicyclic) bond motifs is 4. The van der Waals surface area contributed by atoms with E-state index >= 15 is 0 Å². The van der Waals surface area contributed by atoms with Crippen LogP contribution in [-0.2, 0) is 22.8 Å². The van der Waals surface area contributed by atoms with E-state index in [4.69, 9.17) is 16.3 Å². The minimum atomic E-state index is -1.50. The minimum absolute atomic E-state index is 0.175. The predicted molar refractivity (Wildman–Crippen MR) is 161 cm³/mol. The maximum absolute atomic E-state index is 13.3. The summed E-state index contributed by atoms with van der Waals surface area (Å²) in [5.41, 5.74) is 3.82. The minimum Gasteiger partial charge on any atom is -0.490 e. The van der Waals surface area contributed by atoms with Crippen LogP contribution in [0.3, 0.4) is 0 Å². The van der Waals surface area contributed by atoms with Crippen molar-refractivity contribution >= 4 is 34.2 Å². The number of rotatable bonds is 0. The Morgan fingerprint density at radius 2 is 1.95 bits per heavy atom. The van der Waals surface area contributed by atoms with Crippen LogP contribution in [0.15, 0.2) is 36.4 Å². The van der Waals surface area contributed by atoms with Crippen molar-refractivity contribution in [3.63, 3.8) is 0 Å². The van der Waals surface area contributed by atoms with Gasteiger partial charge in [0.2, 0.25) is 0 Å². The third-order valence-corrected chi connectivity index (χ3v) is 12.0. The lowest BCUT2D eigenvalue weighted by molar-refractivity contribution is 0.00857. The highest BCUT2D eigenvalue weighted by Crippen LogP contribution is 2.47. The SMILES string of the molecule is CC1CCCC(O)C2CCC2CN2C[C@@]3(CCCc4cc(Cl)ccc43)COc3ccc(cc32)C(=O)NS(=O)C1C. The summed E-state index contributed by atoms with van der Waals surface area (Å²) in [4.78, 5) is 15.7. The summed E-state index contributed by atoms with van der Waals surface area (Å²) < 4.78 is 22.4. The Labute approximate surface area is 245 Å². The van der Waals surface area contributed by atoms with Crippen LogP contribution in [0.2, 0.25) is 5.02 Å². The van der Waals surface area contributed by atoms with Gasteiger partial charge < -0.3 is 14.7 Å². The fourth-order valence-electron chi connectivity index (χ4n) is 7.42. The largest absolute Gasteiger partial charge is 0.490 e. The van der Waals surface area contributed by atoms with Crippen molar-refractivity contribution in [3.05, 3.63) is 58.1 Å². The number of anilines is 1. The summed E-state index contributed by atoms with van der Waals surface area (Å²) in [6.45, 7) is 6.17. The highest BCUT2D eigenvalue weighted by atomic mass is 35.5. The summed E-state index contributed by atoms with van der Waals surface area (Å²) in [6.07, 6.45) is 7.47. The van der Waals surface area contributed by atoms with Crippen LogP contribution in [0.1, 0.15) is 80.3 Å². The molecular weight excluding hydrogens is 544 g/mol. The maximum Gasteiger partial charge on any atom is 0.263 e. The molecule has 2 bridgehead atoms. The topological polar surface area (TPSA) is 78.9 Å². The number of nitrogens with zero attached hydrogens (tertiary/aromatic N) is 1. The average molecular weight is 585 g/mol. The van der Waals surface area contributed by atoms with Gasteiger partial charge in [-0.2, -0.15) is 0 Å². The molecule has 1 spiro atoms. The molecule has 4 aliphatic rings. The van der Waals surface area contributed by atoms with Gasteiger partial charge in [-0.15, -0.1) is 0 Å². The fraction of sp³-hybridized carbons (Fsp3) is 0.594. The second-order valence-corrected chi connectivity index (χ2v) is 14.7. The number of halogens is 1. The molecule has 0 saturated heterocycles. The summed E-state index contributed by atoms with van der Waals surface area (Å²) >= 11 is 6.39. The van der Waals surface area contributed by atoms with Gasteiger partial charge in [0.15, 0.2) is 0 Å². The molecule has 8 heteroatoms. The zero-order valence-corrected chi connectivity index (χ0v) is 25.1. The molecule has 0 aromatic heterocycles. The van der Waals surface area contributed by atoms with Crippen molar-refractivity contribution in [1.82, 2.24) is 4.72 Å². The van der Waals surface area contributed by atoms with E-state index in [9.17, 15) is 14.1 Å². The Bertz CT molecular complexity index is 1300. The Morgan fingerprint density at radius 1 is 1.10 bits per heavy atom. The second kappa shape index (κ2) is 11.3. The van der Waals surface area contributed by atoms with Gasteiger partial charge in [-0.25, -0.2) is 4.21 Å². The Kier molecular flexibility index (Phi) is 7.92. The van der Waals surface area contributed by atoms with Crippen LogP contribution in [0.4, 0.5) is 5.69 Å². The lowest BCUT2D eigenvalue weighted by Gasteiger charge is -2.46. The van der Waals surface area contributed by atoms with E-state index in [2.05, 4.69) is 28.7 Å². The number of benzene rings is 2. The maximum atomic E-state index is 13.3. The predicted octanol–water partition coefficient (Wildman–Crippen LogP) is 5.80. The first-order chi connectivity index (χ1) is 19.2. The molecule has 7 atom stereocenters. The number of hydrogen-bond donors (Lipinski definition) is 2. The number of carbonyl (C=O) groups excluding carboxylic acids is 1. The van der Waals surface area contributed by atoms with Gasteiger partial charge in [0.25, 0.3) is 5.91 Å². The number of carbonyl (C=O) groups is 1. The van der Waals surface area contributed by atoms with E-state index in [-0.39, 0.29) is 34.5 Å². The van der Waals surface area contributed by atoms with E-state index in [0.29, 0.717) is 18.1 Å². The number of hydrogen-bond acceptors (Lipinski definition) is 5. The van der Waals surface area contributed by atoms with Gasteiger partial charge in [0, 0.05) is 29.1 Å². The number of amides is 1. The van der Waals surface area contributed by atoms with Gasteiger partial charge in [0.1, 0.15) is 16.7 Å². The molecule has 6 rings (SSSR count). The highest BCUT2D eigenvalue weighted by molar-refractivity contribution is 7.84. The van der Waals surface area contributed by atoms with Crippen LogP contribution >= 0.6 is 11.6 Å². The molecule has 1 amide bonds. The van der Waals surface area contributed by atoms with E-state index in [1.54, 1.807) is 6.07 Å². The lowest BCUT2D eigenvalue weighted by Crippen LogP contribution is -2.49. The van der Waals surface area contributed by atoms with Crippen LogP contribution < -0.4 is 14.4 Å². The fourth-order valence-corrected chi connectivity index (χ4v) is 8.66. The van der Waals surface area contributed by atoms with Gasteiger partial charge in [-0.3, -0.25) is 9.52 Å². The number of nitrogens with one attached hydrogen (secondary N) is 1. The zero-order valence-electron chi connectivity index (χ0n) is 23.5. The molecule has 2 aromatic rings.